The summed E-state index contributed by atoms with van der Waals surface area (Å²) in [6.07, 6.45) is -3.85. The van der Waals surface area contributed by atoms with Gasteiger partial charge in [0.2, 0.25) is 0 Å². The molecule has 14 heteroatoms. The normalized spacial score (nSPS) is 11.0. The van der Waals surface area contributed by atoms with Crippen molar-refractivity contribution in [3.63, 3.8) is 0 Å². The topological polar surface area (TPSA) is 125 Å². The van der Waals surface area contributed by atoms with E-state index >= 15 is 0 Å². The average Bonchev–Trinajstić information content (AvgIpc) is 3.16. The highest BCUT2D eigenvalue weighted by Gasteiger charge is 2.38. The van der Waals surface area contributed by atoms with Crippen LogP contribution in [0.2, 0.25) is 0 Å². The summed E-state index contributed by atoms with van der Waals surface area (Å²) in [4.78, 5) is 33.0. The van der Waals surface area contributed by atoms with Gasteiger partial charge in [0.15, 0.2) is 0 Å². The molecule has 2 heterocycles. The van der Waals surface area contributed by atoms with E-state index in [0.29, 0.717) is 6.54 Å². The number of aliphatic carboxylic acids is 1. The highest BCUT2D eigenvalue weighted by atomic mass is 19.4. The number of aryl methyl sites for hydroxylation is 1. The van der Waals surface area contributed by atoms with Crippen LogP contribution < -0.4 is 17.0 Å². The second kappa shape index (κ2) is 12.1. The zero-order valence-corrected chi connectivity index (χ0v) is 18.9. The number of carbonyl (C=O) groups is 1. The molecule has 0 saturated heterocycles. The predicted molar refractivity (Wildman–Crippen MR) is 119 cm³/mol. The van der Waals surface area contributed by atoms with Crippen LogP contribution in [-0.4, -0.2) is 42.7 Å². The zero-order valence-electron chi connectivity index (χ0n) is 18.9. The number of carboxylic acid groups (broad SMARTS) is 1. The molecule has 0 atom stereocenters. The van der Waals surface area contributed by atoms with Gasteiger partial charge >= 0.3 is 17.8 Å². The zero-order chi connectivity index (χ0) is 27.0. The summed E-state index contributed by atoms with van der Waals surface area (Å²) in [5.41, 5.74) is 7.13. The van der Waals surface area contributed by atoms with E-state index in [-0.39, 0.29) is 30.8 Å². The van der Waals surface area contributed by atoms with Crippen molar-refractivity contribution >= 4 is 5.97 Å². The van der Waals surface area contributed by atoms with Crippen LogP contribution >= 0.6 is 0 Å². The van der Waals surface area contributed by atoms with Crippen molar-refractivity contribution in [1.82, 2.24) is 18.9 Å². The van der Waals surface area contributed by atoms with Crippen molar-refractivity contribution < 1.29 is 31.9 Å². The van der Waals surface area contributed by atoms with E-state index < -0.39 is 23.9 Å². The Morgan fingerprint density at radius 2 is 1.61 bits per heavy atom. The van der Waals surface area contributed by atoms with Crippen LogP contribution in [-0.2, 0) is 24.4 Å². The molecule has 0 amide bonds. The standard InChI is InChI=1S/C20H21F2N5O2.C2HF3O2/c1-2-25-11-16(7-8-18(25)28)15-5-3-14(4-6-15)10-26-13-24-27(20(26)29)12-17(9-23)19(21)22;3-2(4,5)1(6)7/h3-8,11,13H,2,9-10,12,23H2,1H3;(H,6,7). The van der Waals surface area contributed by atoms with Crippen molar-refractivity contribution in [2.45, 2.75) is 32.7 Å². The van der Waals surface area contributed by atoms with Gasteiger partial charge in [-0.3, -0.25) is 9.36 Å². The third kappa shape index (κ3) is 7.46. The maximum Gasteiger partial charge on any atom is 0.490 e. The predicted octanol–water partition coefficient (Wildman–Crippen LogP) is 2.68. The summed E-state index contributed by atoms with van der Waals surface area (Å²) < 4.78 is 61.2. The maximum atomic E-state index is 12.7. The minimum absolute atomic E-state index is 0.0514. The molecule has 2 aromatic heterocycles. The molecule has 0 bridgehead atoms. The minimum atomic E-state index is -5.08. The molecule has 0 spiro atoms. The first-order valence-corrected chi connectivity index (χ1v) is 10.3. The number of halogens is 5. The first-order chi connectivity index (χ1) is 16.9. The number of benzene rings is 1. The van der Waals surface area contributed by atoms with Crippen LogP contribution in [0.4, 0.5) is 22.0 Å². The monoisotopic (exact) mass is 515 g/mol. The smallest absolute Gasteiger partial charge is 0.475 e. The molecule has 0 fully saturated rings. The van der Waals surface area contributed by atoms with Gasteiger partial charge in [0.1, 0.15) is 6.33 Å². The van der Waals surface area contributed by atoms with E-state index in [2.05, 4.69) is 5.10 Å². The lowest BCUT2D eigenvalue weighted by Crippen LogP contribution is -2.27. The molecule has 0 saturated carbocycles. The SMILES string of the molecule is CCn1cc(-c2ccc(Cn3cnn(CC(CN)=C(F)F)c3=O)cc2)ccc1=O.O=C(O)C(F)(F)F. The van der Waals surface area contributed by atoms with Gasteiger partial charge in [-0.25, -0.2) is 14.3 Å². The highest BCUT2D eigenvalue weighted by molar-refractivity contribution is 5.73. The van der Waals surface area contributed by atoms with Crippen molar-refractivity contribution in [3.05, 3.63) is 87.0 Å². The Morgan fingerprint density at radius 1 is 1.03 bits per heavy atom. The van der Waals surface area contributed by atoms with Crippen LogP contribution in [0.3, 0.4) is 0 Å². The second-order valence-corrected chi connectivity index (χ2v) is 7.31. The number of alkyl halides is 3. The van der Waals surface area contributed by atoms with Gasteiger partial charge in [-0.15, -0.1) is 0 Å². The van der Waals surface area contributed by atoms with E-state index in [1.165, 1.54) is 17.0 Å². The van der Waals surface area contributed by atoms with E-state index in [1.54, 1.807) is 16.8 Å². The van der Waals surface area contributed by atoms with Crippen LogP contribution in [0.5, 0.6) is 0 Å². The van der Waals surface area contributed by atoms with Crippen molar-refractivity contribution in [2.24, 2.45) is 5.73 Å². The third-order valence-corrected chi connectivity index (χ3v) is 4.86. The third-order valence-electron chi connectivity index (χ3n) is 4.86. The van der Waals surface area contributed by atoms with Crippen LogP contribution in [0, 0.1) is 0 Å². The largest absolute Gasteiger partial charge is 0.490 e. The molecule has 0 aliphatic rings. The van der Waals surface area contributed by atoms with Crippen molar-refractivity contribution in [2.75, 3.05) is 6.54 Å². The van der Waals surface area contributed by atoms with Gasteiger partial charge in [-0.05, 0) is 29.7 Å². The Morgan fingerprint density at radius 3 is 2.11 bits per heavy atom. The lowest BCUT2D eigenvalue weighted by molar-refractivity contribution is -0.192. The molecular formula is C22H22F5N5O4. The molecule has 3 rings (SSSR count). The van der Waals surface area contributed by atoms with Gasteiger partial charge in [-0.1, -0.05) is 24.3 Å². The van der Waals surface area contributed by atoms with Crippen LogP contribution in [0.15, 0.2) is 70.2 Å². The van der Waals surface area contributed by atoms with Crippen molar-refractivity contribution in [1.29, 1.82) is 0 Å². The Kier molecular flexibility index (Phi) is 9.44. The molecule has 194 valence electrons. The molecular weight excluding hydrogens is 493 g/mol. The summed E-state index contributed by atoms with van der Waals surface area (Å²) in [5.74, 6) is -2.76. The Balaban J connectivity index is 0.000000572. The van der Waals surface area contributed by atoms with Crippen molar-refractivity contribution in [3.8, 4) is 11.1 Å². The van der Waals surface area contributed by atoms with E-state index in [4.69, 9.17) is 15.6 Å². The summed E-state index contributed by atoms with van der Waals surface area (Å²) in [6, 6.07) is 10.8. The van der Waals surface area contributed by atoms with Gasteiger partial charge in [0.25, 0.3) is 11.6 Å². The van der Waals surface area contributed by atoms with E-state index in [9.17, 15) is 31.5 Å². The molecule has 0 aliphatic carbocycles. The Hall–Kier alpha value is -4.07. The molecule has 3 N–H and O–H groups in total. The molecule has 3 aromatic rings. The number of hydrogen-bond acceptors (Lipinski definition) is 5. The maximum absolute atomic E-state index is 12.7. The molecule has 0 radical (unpaired) electrons. The number of hydrogen-bond donors (Lipinski definition) is 2. The van der Waals surface area contributed by atoms with Gasteiger partial charge in [0, 0.05) is 30.9 Å². The number of nitrogens with zero attached hydrogens (tertiary/aromatic N) is 4. The van der Waals surface area contributed by atoms with Crippen LogP contribution in [0.1, 0.15) is 12.5 Å². The molecule has 9 nitrogen and oxygen atoms in total. The Bertz CT molecular complexity index is 1340. The van der Waals surface area contributed by atoms with Crippen LogP contribution in [0.25, 0.3) is 11.1 Å². The summed E-state index contributed by atoms with van der Waals surface area (Å²) >= 11 is 0. The molecule has 1 aromatic carbocycles. The lowest BCUT2D eigenvalue weighted by atomic mass is 10.1. The van der Waals surface area contributed by atoms with Gasteiger partial charge < -0.3 is 15.4 Å². The van der Waals surface area contributed by atoms with E-state index in [0.717, 1.165) is 21.4 Å². The first-order valence-electron chi connectivity index (χ1n) is 10.3. The first kappa shape index (κ1) is 28.2. The van der Waals surface area contributed by atoms with Gasteiger partial charge in [0.05, 0.1) is 13.1 Å². The van der Waals surface area contributed by atoms with E-state index in [1.807, 2.05) is 31.2 Å². The number of aromatic nitrogens is 4. The summed E-state index contributed by atoms with van der Waals surface area (Å²) in [7, 11) is 0. The molecule has 0 aliphatic heterocycles. The number of carboxylic acids is 1. The van der Waals surface area contributed by atoms with Gasteiger partial charge in [-0.2, -0.15) is 27.1 Å². The number of nitrogens with two attached hydrogens (primary N) is 1. The average molecular weight is 515 g/mol. The fraction of sp³-hybridized carbons (Fsp3) is 0.273. The fourth-order valence-electron chi connectivity index (χ4n) is 2.92. The second-order valence-electron chi connectivity index (χ2n) is 7.31. The molecule has 0 unspecified atom stereocenters. The lowest BCUT2D eigenvalue weighted by Gasteiger charge is -2.07. The Labute approximate surface area is 200 Å². The fourth-order valence-corrected chi connectivity index (χ4v) is 2.92. The quantitative estimate of drug-likeness (QED) is 0.466. The summed E-state index contributed by atoms with van der Waals surface area (Å²) in [5, 5.41) is 11.0. The summed E-state index contributed by atoms with van der Waals surface area (Å²) in [6.45, 7) is 2.07. The minimum Gasteiger partial charge on any atom is -0.475 e. The molecule has 36 heavy (non-hydrogen) atoms. The number of rotatable bonds is 7. The number of pyridine rings is 1. The highest BCUT2D eigenvalue weighted by Crippen LogP contribution is 2.19.